The number of pyridine rings is 1. The number of carbonyl (C=O) groups is 1. The summed E-state index contributed by atoms with van der Waals surface area (Å²) < 4.78 is 5.11. The molecule has 0 atom stereocenters. The Bertz CT molecular complexity index is 1320. The number of rotatable bonds is 10. The number of imidazole rings is 1. The molecule has 4 aromatic rings. The summed E-state index contributed by atoms with van der Waals surface area (Å²) in [6.07, 6.45) is 2.02. The molecule has 0 bridgehead atoms. The van der Waals surface area contributed by atoms with Crippen LogP contribution in [0.2, 0.25) is 0 Å². The number of aromatic amines is 1. The number of H-pyrrole nitrogens is 1. The maximum Gasteiger partial charge on any atom is 0.307 e. The topological polar surface area (TPSA) is 124 Å². The van der Waals surface area contributed by atoms with Crippen LogP contribution in [0.15, 0.2) is 66.9 Å². The molecule has 2 aromatic carbocycles. The molecule has 0 saturated carbocycles. The maximum absolute atomic E-state index is 12.0. The first-order chi connectivity index (χ1) is 17.5. The van der Waals surface area contributed by atoms with E-state index in [0.717, 1.165) is 33.7 Å². The van der Waals surface area contributed by atoms with Crippen molar-refractivity contribution >= 4 is 34.5 Å². The van der Waals surface area contributed by atoms with Gasteiger partial charge in [-0.3, -0.25) is 10.2 Å². The average molecular weight is 486 g/mol. The van der Waals surface area contributed by atoms with Crippen molar-refractivity contribution in [2.24, 2.45) is 5.73 Å². The Labute approximate surface area is 210 Å². The number of benzene rings is 2. The highest BCUT2D eigenvalue weighted by Gasteiger charge is 2.17. The number of esters is 1. The smallest absolute Gasteiger partial charge is 0.307 e. The van der Waals surface area contributed by atoms with E-state index in [1.165, 1.54) is 0 Å². The summed E-state index contributed by atoms with van der Waals surface area (Å²) in [6.45, 7) is 5.63. The fourth-order valence-corrected chi connectivity index (χ4v) is 4.11. The van der Waals surface area contributed by atoms with E-state index < -0.39 is 0 Å². The van der Waals surface area contributed by atoms with Crippen molar-refractivity contribution in [3.63, 3.8) is 0 Å². The largest absolute Gasteiger partial charge is 0.466 e. The molecule has 0 fully saturated rings. The summed E-state index contributed by atoms with van der Waals surface area (Å²) in [5, 5.41) is 8.02. The summed E-state index contributed by atoms with van der Waals surface area (Å²) in [7, 11) is 0. The van der Waals surface area contributed by atoms with Crippen LogP contribution in [0, 0.1) is 12.3 Å². The Morgan fingerprint density at radius 1 is 1.08 bits per heavy atom. The molecule has 0 amide bonds. The number of guanidine groups is 1. The first kappa shape index (κ1) is 24.7. The number of aryl methyl sites for hydroxylation is 1. The molecule has 2 heterocycles. The third-order valence-corrected chi connectivity index (χ3v) is 5.96. The zero-order valence-electron chi connectivity index (χ0n) is 20.6. The van der Waals surface area contributed by atoms with Crippen LogP contribution in [0.1, 0.15) is 30.3 Å². The van der Waals surface area contributed by atoms with Gasteiger partial charge in [-0.15, -0.1) is 0 Å². The molecule has 0 saturated heterocycles. The van der Waals surface area contributed by atoms with Crippen molar-refractivity contribution in [1.82, 2.24) is 15.0 Å². The van der Waals surface area contributed by atoms with Crippen LogP contribution in [-0.2, 0) is 22.6 Å². The molecule has 0 radical (unpaired) electrons. The van der Waals surface area contributed by atoms with Crippen molar-refractivity contribution in [1.29, 1.82) is 5.41 Å². The van der Waals surface area contributed by atoms with Crippen molar-refractivity contribution in [2.45, 2.75) is 33.4 Å². The van der Waals surface area contributed by atoms with Crippen LogP contribution in [0.3, 0.4) is 0 Å². The molecule has 4 rings (SSSR count). The number of aromatic nitrogens is 3. The first-order valence-electron chi connectivity index (χ1n) is 11.9. The molecule has 0 aliphatic heterocycles. The monoisotopic (exact) mass is 485 g/mol. The standard InChI is InChI=1S/C27H31N7O2/c1-3-36-25(35)14-16-33(24-11-7-8-15-30-24)17-20-12-13-22-26(19(20)2)32-23(31-22)18-34(27(28)29)21-9-5-4-6-10-21/h4-13,15H,3,14,16-18H2,1-2H3,(H3,28,29)(H,31,32). The maximum atomic E-state index is 12.0. The van der Waals surface area contributed by atoms with Gasteiger partial charge in [0, 0.05) is 25.0 Å². The van der Waals surface area contributed by atoms with E-state index in [1.807, 2.05) is 61.5 Å². The molecule has 0 spiro atoms. The lowest BCUT2D eigenvalue weighted by Gasteiger charge is -2.24. The summed E-state index contributed by atoms with van der Waals surface area (Å²) >= 11 is 0. The van der Waals surface area contributed by atoms with Gasteiger partial charge in [-0.2, -0.15) is 0 Å². The van der Waals surface area contributed by atoms with E-state index in [1.54, 1.807) is 18.0 Å². The number of nitrogens with two attached hydrogens (primary N) is 1. The lowest BCUT2D eigenvalue weighted by molar-refractivity contribution is -0.142. The predicted molar refractivity (Wildman–Crippen MR) is 142 cm³/mol. The lowest BCUT2D eigenvalue weighted by atomic mass is 10.1. The van der Waals surface area contributed by atoms with Gasteiger partial charge in [-0.25, -0.2) is 9.97 Å². The van der Waals surface area contributed by atoms with Gasteiger partial charge in [0.25, 0.3) is 0 Å². The van der Waals surface area contributed by atoms with Gasteiger partial charge in [0.05, 0.1) is 30.6 Å². The second kappa shape index (κ2) is 11.4. The van der Waals surface area contributed by atoms with Crippen molar-refractivity contribution < 1.29 is 9.53 Å². The summed E-state index contributed by atoms with van der Waals surface area (Å²) in [4.78, 5) is 28.5. The SMILES string of the molecule is CCOC(=O)CCN(Cc1ccc2[nH]c(CN(C(=N)N)c3ccccc3)nc2c1C)c1ccccn1. The summed E-state index contributed by atoms with van der Waals surface area (Å²) in [6, 6.07) is 19.4. The average Bonchev–Trinajstić information content (AvgIpc) is 3.31. The van der Waals surface area contributed by atoms with Gasteiger partial charge in [-0.1, -0.05) is 30.3 Å². The number of hydrogen-bond acceptors (Lipinski definition) is 6. The minimum absolute atomic E-state index is 0.0494. The van der Waals surface area contributed by atoms with E-state index in [0.29, 0.717) is 32.1 Å². The van der Waals surface area contributed by atoms with Crippen molar-refractivity contribution in [3.8, 4) is 0 Å². The molecule has 0 aliphatic carbocycles. The molecule has 2 aromatic heterocycles. The fourth-order valence-electron chi connectivity index (χ4n) is 4.11. The van der Waals surface area contributed by atoms with Gasteiger partial charge < -0.3 is 25.3 Å². The number of nitrogens with one attached hydrogen (secondary N) is 2. The Morgan fingerprint density at radius 2 is 1.86 bits per heavy atom. The summed E-state index contributed by atoms with van der Waals surface area (Å²) in [5.74, 6) is 1.24. The molecule has 0 unspecified atom stereocenters. The number of hydrogen-bond donors (Lipinski definition) is 3. The number of para-hydroxylation sites is 1. The van der Waals surface area contributed by atoms with Gasteiger partial charge in [0.1, 0.15) is 11.6 Å². The molecule has 9 nitrogen and oxygen atoms in total. The molecular formula is C27H31N7O2. The van der Waals surface area contributed by atoms with Crippen LogP contribution in [0.4, 0.5) is 11.5 Å². The Hall–Kier alpha value is -4.40. The molecule has 9 heteroatoms. The van der Waals surface area contributed by atoms with Crippen LogP contribution >= 0.6 is 0 Å². The Morgan fingerprint density at radius 3 is 2.56 bits per heavy atom. The minimum atomic E-state index is -0.226. The molecule has 36 heavy (non-hydrogen) atoms. The highest BCUT2D eigenvalue weighted by molar-refractivity contribution is 5.92. The van der Waals surface area contributed by atoms with Crippen LogP contribution in [0.5, 0.6) is 0 Å². The highest BCUT2D eigenvalue weighted by Crippen LogP contribution is 2.24. The first-order valence-corrected chi connectivity index (χ1v) is 11.9. The second-order valence-corrected chi connectivity index (χ2v) is 8.40. The van der Waals surface area contributed by atoms with Crippen LogP contribution in [0.25, 0.3) is 11.0 Å². The molecule has 0 aliphatic rings. The quantitative estimate of drug-likeness (QED) is 0.175. The van der Waals surface area contributed by atoms with Gasteiger partial charge >= 0.3 is 5.97 Å². The molecule has 4 N–H and O–H groups in total. The third-order valence-electron chi connectivity index (χ3n) is 5.96. The van der Waals surface area contributed by atoms with E-state index in [4.69, 9.17) is 20.9 Å². The summed E-state index contributed by atoms with van der Waals surface area (Å²) in [5.41, 5.74) is 10.6. The molecule has 186 valence electrons. The zero-order valence-corrected chi connectivity index (χ0v) is 20.6. The number of anilines is 2. The number of carbonyl (C=O) groups excluding carboxylic acids is 1. The Balaban J connectivity index is 1.58. The van der Waals surface area contributed by atoms with Gasteiger partial charge in [0.2, 0.25) is 0 Å². The van der Waals surface area contributed by atoms with E-state index >= 15 is 0 Å². The highest BCUT2D eigenvalue weighted by atomic mass is 16.5. The number of fused-ring (bicyclic) bond motifs is 1. The zero-order chi connectivity index (χ0) is 25.5. The van der Waals surface area contributed by atoms with Gasteiger partial charge in [0.15, 0.2) is 5.96 Å². The Kier molecular flexibility index (Phi) is 7.79. The predicted octanol–water partition coefficient (Wildman–Crippen LogP) is 4.13. The lowest BCUT2D eigenvalue weighted by Crippen LogP contribution is -2.36. The normalized spacial score (nSPS) is 10.8. The molecular weight excluding hydrogens is 454 g/mol. The second-order valence-electron chi connectivity index (χ2n) is 8.40. The number of ether oxygens (including phenoxy) is 1. The third kappa shape index (κ3) is 5.80. The van der Waals surface area contributed by atoms with Crippen molar-refractivity contribution in [3.05, 3.63) is 83.8 Å². The van der Waals surface area contributed by atoms with E-state index in [2.05, 4.69) is 20.9 Å². The van der Waals surface area contributed by atoms with E-state index in [9.17, 15) is 4.79 Å². The van der Waals surface area contributed by atoms with Crippen LogP contribution < -0.4 is 15.5 Å². The minimum Gasteiger partial charge on any atom is -0.466 e. The van der Waals surface area contributed by atoms with E-state index in [-0.39, 0.29) is 18.3 Å². The van der Waals surface area contributed by atoms with Crippen molar-refractivity contribution in [2.75, 3.05) is 23.0 Å². The van der Waals surface area contributed by atoms with Gasteiger partial charge in [-0.05, 0) is 55.3 Å². The fraction of sp³-hybridized carbons (Fsp3) is 0.259. The number of nitrogens with zero attached hydrogens (tertiary/aromatic N) is 4. The van der Waals surface area contributed by atoms with Crippen LogP contribution in [-0.4, -0.2) is 40.0 Å².